The van der Waals surface area contributed by atoms with Crippen molar-refractivity contribution < 1.29 is 9.13 Å². The van der Waals surface area contributed by atoms with E-state index >= 15 is 0 Å². The molecule has 17 heavy (non-hydrogen) atoms. The van der Waals surface area contributed by atoms with Gasteiger partial charge in [0, 0.05) is 30.6 Å². The second-order valence-corrected chi connectivity index (χ2v) is 4.90. The highest BCUT2D eigenvalue weighted by Crippen LogP contribution is 2.35. The first-order valence-electron chi connectivity index (χ1n) is 5.93. The van der Waals surface area contributed by atoms with Crippen molar-refractivity contribution in [3.63, 3.8) is 0 Å². The number of hydrogen-bond donors (Lipinski definition) is 2. The highest BCUT2D eigenvalue weighted by Gasteiger charge is 2.26. The van der Waals surface area contributed by atoms with E-state index in [0.717, 1.165) is 30.9 Å². The van der Waals surface area contributed by atoms with Crippen molar-refractivity contribution in [1.82, 2.24) is 0 Å². The van der Waals surface area contributed by atoms with Gasteiger partial charge in [0.2, 0.25) is 0 Å². The minimum atomic E-state index is -0.333. The van der Waals surface area contributed by atoms with E-state index in [1.807, 2.05) is 0 Å². The van der Waals surface area contributed by atoms with Gasteiger partial charge >= 0.3 is 0 Å². The second kappa shape index (κ2) is 4.43. The maximum absolute atomic E-state index is 13.6. The molecule has 0 aliphatic carbocycles. The average molecular weight is 238 g/mol. The van der Waals surface area contributed by atoms with E-state index in [9.17, 15) is 4.39 Å². The first-order valence-corrected chi connectivity index (χ1v) is 5.93. The molecule has 0 amide bonds. The highest BCUT2D eigenvalue weighted by atomic mass is 19.1. The molecule has 4 heteroatoms. The maximum atomic E-state index is 13.6. The van der Waals surface area contributed by atoms with Crippen molar-refractivity contribution in [2.24, 2.45) is 5.41 Å². The van der Waals surface area contributed by atoms with E-state index < -0.39 is 0 Å². The minimum Gasteiger partial charge on any atom is -0.494 e. The minimum absolute atomic E-state index is 0.183. The number of benzene rings is 1. The zero-order valence-electron chi connectivity index (χ0n) is 10.6. The Bertz CT molecular complexity index is 422. The maximum Gasteiger partial charge on any atom is 0.167 e. The predicted molar refractivity (Wildman–Crippen MR) is 68.3 cm³/mol. The number of nitrogens with one attached hydrogen (secondary N) is 2. The molecule has 0 saturated heterocycles. The van der Waals surface area contributed by atoms with Crippen LogP contribution >= 0.6 is 0 Å². The van der Waals surface area contributed by atoms with Crippen LogP contribution in [0.1, 0.15) is 20.3 Å². The Labute approximate surface area is 101 Å². The van der Waals surface area contributed by atoms with Crippen molar-refractivity contribution in [2.45, 2.75) is 20.3 Å². The third-order valence-electron chi connectivity index (χ3n) is 3.56. The van der Waals surface area contributed by atoms with Crippen molar-refractivity contribution in [2.75, 3.05) is 30.8 Å². The van der Waals surface area contributed by atoms with E-state index in [2.05, 4.69) is 24.5 Å². The quantitative estimate of drug-likeness (QED) is 0.830. The monoisotopic (exact) mass is 238 g/mol. The highest BCUT2D eigenvalue weighted by molar-refractivity contribution is 5.72. The lowest BCUT2D eigenvalue weighted by molar-refractivity contribution is 0.361. The zero-order chi connectivity index (χ0) is 12.5. The smallest absolute Gasteiger partial charge is 0.167 e. The molecule has 1 aromatic rings. The first kappa shape index (κ1) is 12.0. The summed E-state index contributed by atoms with van der Waals surface area (Å²) in [6, 6.07) is 3.20. The van der Waals surface area contributed by atoms with Crippen LogP contribution in [0.2, 0.25) is 0 Å². The van der Waals surface area contributed by atoms with Crippen LogP contribution in [-0.2, 0) is 0 Å². The van der Waals surface area contributed by atoms with E-state index in [4.69, 9.17) is 4.74 Å². The molecule has 1 heterocycles. The first-order chi connectivity index (χ1) is 8.08. The number of ether oxygens (including phenoxy) is 1. The molecule has 0 bridgehead atoms. The lowest BCUT2D eigenvalue weighted by atomic mass is 9.88. The number of rotatable bonds is 2. The summed E-state index contributed by atoms with van der Waals surface area (Å²) in [7, 11) is 1.48. The van der Waals surface area contributed by atoms with Crippen molar-refractivity contribution >= 4 is 11.4 Å². The molecule has 1 atom stereocenters. The molecule has 3 nitrogen and oxygen atoms in total. The molecule has 1 aromatic carbocycles. The summed E-state index contributed by atoms with van der Waals surface area (Å²) in [6.45, 7) is 6.10. The van der Waals surface area contributed by atoms with Crippen LogP contribution in [-0.4, -0.2) is 20.2 Å². The summed E-state index contributed by atoms with van der Waals surface area (Å²) in [5, 5.41) is 6.66. The van der Waals surface area contributed by atoms with Gasteiger partial charge in [0.15, 0.2) is 11.6 Å². The molecule has 0 fully saturated rings. The molecular formula is C13H19FN2O. The Morgan fingerprint density at radius 1 is 1.29 bits per heavy atom. The summed E-state index contributed by atoms with van der Waals surface area (Å²) in [5.74, 6) is -0.0567. The lowest BCUT2D eigenvalue weighted by Crippen LogP contribution is -2.30. The van der Waals surface area contributed by atoms with Crippen LogP contribution < -0.4 is 15.4 Å². The van der Waals surface area contributed by atoms with Crippen LogP contribution in [0.3, 0.4) is 0 Å². The number of hydrogen-bond acceptors (Lipinski definition) is 3. The zero-order valence-corrected chi connectivity index (χ0v) is 10.6. The van der Waals surface area contributed by atoms with E-state index in [0.29, 0.717) is 0 Å². The van der Waals surface area contributed by atoms with Crippen LogP contribution in [0, 0.1) is 11.2 Å². The molecule has 2 rings (SSSR count). The Balaban J connectivity index is 2.31. The summed E-state index contributed by atoms with van der Waals surface area (Å²) in [5.41, 5.74) is 1.89. The molecule has 0 aromatic heterocycles. The third kappa shape index (κ3) is 2.30. The van der Waals surface area contributed by atoms with Crippen LogP contribution in [0.4, 0.5) is 15.8 Å². The van der Waals surface area contributed by atoms with Gasteiger partial charge in [-0.05, 0) is 6.42 Å². The fraction of sp³-hybridized carbons (Fsp3) is 0.538. The topological polar surface area (TPSA) is 33.3 Å². The van der Waals surface area contributed by atoms with Gasteiger partial charge in [0.05, 0.1) is 18.5 Å². The van der Waals surface area contributed by atoms with Gasteiger partial charge in [-0.3, -0.25) is 0 Å². The summed E-state index contributed by atoms with van der Waals surface area (Å²) in [6.07, 6.45) is 1.07. The van der Waals surface area contributed by atoms with E-state index in [1.165, 1.54) is 13.2 Å². The Hall–Kier alpha value is -1.45. The summed E-state index contributed by atoms with van der Waals surface area (Å²) < 4.78 is 18.6. The van der Waals surface area contributed by atoms with E-state index in [1.54, 1.807) is 6.07 Å². The molecule has 94 valence electrons. The standard InChI is InChI=1S/C13H19FN2O/c1-4-13(2)7-15-10-5-9(14)12(17-3)6-11(10)16-8-13/h5-6,15-16H,4,7-8H2,1-3H3. The Morgan fingerprint density at radius 2 is 1.88 bits per heavy atom. The fourth-order valence-electron chi connectivity index (χ4n) is 1.93. The third-order valence-corrected chi connectivity index (χ3v) is 3.56. The van der Waals surface area contributed by atoms with Crippen molar-refractivity contribution in [3.05, 3.63) is 17.9 Å². The van der Waals surface area contributed by atoms with Gasteiger partial charge in [0.1, 0.15) is 0 Å². The number of anilines is 2. The van der Waals surface area contributed by atoms with E-state index in [-0.39, 0.29) is 17.0 Å². The van der Waals surface area contributed by atoms with Crippen LogP contribution in [0.25, 0.3) is 0 Å². The molecule has 0 radical (unpaired) electrons. The van der Waals surface area contributed by atoms with Gasteiger partial charge < -0.3 is 15.4 Å². The lowest BCUT2D eigenvalue weighted by Gasteiger charge is -2.26. The van der Waals surface area contributed by atoms with Crippen LogP contribution in [0.15, 0.2) is 12.1 Å². The number of methoxy groups -OCH3 is 1. The summed E-state index contributed by atoms with van der Waals surface area (Å²) in [4.78, 5) is 0. The van der Waals surface area contributed by atoms with Crippen molar-refractivity contribution in [3.8, 4) is 5.75 Å². The largest absolute Gasteiger partial charge is 0.494 e. The molecule has 1 aliphatic heterocycles. The second-order valence-electron chi connectivity index (χ2n) is 4.90. The number of halogens is 1. The summed E-state index contributed by atoms with van der Waals surface area (Å²) >= 11 is 0. The van der Waals surface area contributed by atoms with Crippen LogP contribution in [0.5, 0.6) is 5.75 Å². The van der Waals surface area contributed by atoms with Gasteiger partial charge in [0.25, 0.3) is 0 Å². The Morgan fingerprint density at radius 3 is 2.41 bits per heavy atom. The molecule has 0 spiro atoms. The molecule has 0 saturated carbocycles. The van der Waals surface area contributed by atoms with Gasteiger partial charge in [-0.1, -0.05) is 13.8 Å². The predicted octanol–water partition coefficient (Wildman–Crippen LogP) is 3.09. The SMILES string of the molecule is CCC1(C)CNc2cc(F)c(OC)cc2NC1. The van der Waals surface area contributed by atoms with Gasteiger partial charge in [-0.2, -0.15) is 0 Å². The normalized spacial score (nSPS) is 23.1. The molecule has 2 N–H and O–H groups in total. The molecular weight excluding hydrogens is 219 g/mol. The van der Waals surface area contributed by atoms with Crippen molar-refractivity contribution in [1.29, 1.82) is 0 Å². The fourth-order valence-corrected chi connectivity index (χ4v) is 1.93. The molecule has 1 unspecified atom stereocenters. The average Bonchev–Trinajstić information content (AvgIpc) is 2.49. The number of fused-ring (bicyclic) bond motifs is 1. The van der Waals surface area contributed by atoms with Gasteiger partial charge in [-0.15, -0.1) is 0 Å². The Kier molecular flexibility index (Phi) is 3.13. The molecule has 1 aliphatic rings. The van der Waals surface area contributed by atoms with Gasteiger partial charge in [-0.25, -0.2) is 4.39 Å².